The van der Waals surface area contributed by atoms with E-state index in [1.54, 1.807) is 0 Å². The Hall–Kier alpha value is -1.89. The second kappa shape index (κ2) is 9.94. The molecule has 1 aromatic heterocycles. The van der Waals surface area contributed by atoms with E-state index in [9.17, 15) is 0 Å². The molecule has 6 heteroatoms. The monoisotopic (exact) mass is 410 g/mol. The Morgan fingerprint density at radius 3 is 2.27 bits per heavy atom. The number of anilines is 1. The Morgan fingerprint density at radius 2 is 1.60 bits per heavy atom. The molecule has 0 bridgehead atoms. The highest BCUT2D eigenvalue weighted by Gasteiger charge is 2.20. The number of hydrogen-bond donors (Lipinski definition) is 0. The third kappa shape index (κ3) is 5.42. The third-order valence-corrected chi connectivity index (χ3v) is 6.85. The lowest BCUT2D eigenvalue weighted by molar-refractivity contribution is 0.142. The van der Waals surface area contributed by atoms with Crippen LogP contribution in [0.1, 0.15) is 19.3 Å². The number of benzene rings is 1. The Labute approximate surface area is 182 Å². The molecule has 0 spiro atoms. The maximum absolute atomic E-state index is 4.61. The molecule has 2 aliphatic heterocycles. The summed E-state index contributed by atoms with van der Waals surface area (Å²) in [7, 11) is 6.61. The second-order valence-electron chi connectivity index (χ2n) is 9.22. The van der Waals surface area contributed by atoms with Crippen molar-refractivity contribution in [1.82, 2.24) is 24.5 Å². The first-order valence-electron chi connectivity index (χ1n) is 11.5. The number of piperidine rings is 1. The largest absolute Gasteiger partial charge is 0.369 e. The highest BCUT2D eigenvalue weighted by molar-refractivity contribution is 5.65. The van der Waals surface area contributed by atoms with E-state index in [0.29, 0.717) is 0 Å². The molecule has 0 saturated carbocycles. The van der Waals surface area contributed by atoms with Crippen molar-refractivity contribution in [1.29, 1.82) is 0 Å². The standard InChI is InChI=1S/C24H38N6/c1-26(2)23-9-13-28(14-10-23)11-4-12-30-20-22(19-25-30)21-5-7-24(8-6-21)29-17-15-27(3)16-18-29/h5-8,19-20,23H,4,9-18H2,1-3H3. The molecule has 3 heterocycles. The molecule has 0 N–H and O–H groups in total. The molecule has 164 valence electrons. The second-order valence-corrected chi connectivity index (χ2v) is 9.22. The SMILES string of the molecule is CN1CCN(c2ccc(-c3cnn(CCCN4CCC(N(C)C)CC4)c3)cc2)CC1. The van der Waals surface area contributed by atoms with Gasteiger partial charge >= 0.3 is 0 Å². The lowest BCUT2D eigenvalue weighted by Gasteiger charge is -2.35. The molecule has 0 amide bonds. The van der Waals surface area contributed by atoms with Crippen LogP contribution in [0.15, 0.2) is 36.7 Å². The van der Waals surface area contributed by atoms with E-state index in [2.05, 4.69) is 81.0 Å². The van der Waals surface area contributed by atoms with Crippen LogP contribution in [0.2, 0.25) is 0 Å². The van der Waals surface area contributed by atoms with Crippen molar-refractivity contribution in [2.75, 3.05) is 71.9 Å². The van der Waals surface area contributed by atoms with Crippen LogP contribution in [0.25, 0.3) is 11.1 Å². The van der Waals surface area contributed by atoms with E-state index >= 15 is 0 Å². The minimum atomic E-state index is 0.762. The first kappa shape index (κ1) is 21.3. The molecule has 6 nitrogen and oxygen atoms in total. The van der Waals surface area contributed by atoms with Gasteiger partial charge in [-0.05, 0) is 77.7 Å². The van der Waals surface area contributed by atoms with E-state index in [1.807, 2.05) is 6.20 Å². The fourth-order valence-corrected chi connectivity index (χ4v) is 4.68. The molecule has 2 aromatic rings. The van der Waals surface area contributed by atoms with Crippen molar-refractivity contribution >= 4 is 5.69 Å². The molecule has 0 aliphatic carbocycles. The Morgan fingerprint density at radius 1 is 0.900 bits per heavy atom. The summed E-state index contributed by atoms with van der Waals surface area (Å²) in [6.45, 7) is 9.13. The van der Waals surface area contributed by atoms with Gasteiger partial charge in [0.25, 0.3) is 0 Å². The first-order valence-corrected chi connectivity index (χ1v) is 11.5. The number of aromatic nitrogens is 2. The van der Waals surface area contributed by atoms with E-state index in [4.69, 9.17) is 0 Å². The number of piperazine rings is 1. The van der Waals surface area contributed by atoms with Gasteiger partial charge in [-0.3, -0.25) is 4.68 Å². The van der Waals surface area contributed by atoms with Gasteiger partial charge in [0.2, 0.25) is 0 Å². The van der Waals surface area contributed by atoms with Crippen LogP contribution in [0, 0.1) is 0 Å². The van der Waals surface area contributed by atoms with Crippen LogP contribution in [0.3, 0.4) is 0 Å². The predicted molar refractivity (Wildman–Crippen MR) is 125 cm³/mol. The summed E-state index contributed by atoms with van der Waals surface area (Å²) in [5, 5.41) is 4.61. The number of hydrogen-bond acceptors (Lipinski definition) is 5. The van der Waals surface area contributed by atoms with Crippen LogP contribution in [-0.2, 0) is 6.54 Å². The van der Waals surface area contributed by atoms with Gasteiger partial charge in [0.15, 0.2) is 0 Å². The lowest BCUT2D eigenvalue weighted by Crippen LogP contribution is -2.44. The Balaban J connectivity index is 1.24. The molecule has 1 aromatic carbocycles. The van der Waals surface area contributed by atoms with E-state index in [0.717, 1.165) is 45.2 Å². The minimum Gasteiger partial charge on any atom is -0.369 e. The van der Waals surface area contributed by atoms with Crippen LogP contribution >= 0.6 is 0 Å². The zero-order valence-electron chi connectivity index (χ0n) is 19.0. The van der Waals surface area contributed by atoms with Crippen LogP contribution in [0.4, 0.5) is 5.69 Å². The van der Waals surface area contributed by atoms with Crippen molar-refractivity contribution in [2.45, 2.75) is 31.8 Å². The van der Waals surface area contributed by atoms with Crippen LogP contribution in [0.5, 0.6) is 0 Å². The minimum absolute atomic E-state index is 0.762. The normalized spacial score (nSPS) is 19.7. The van der Waals surface area contributed by atoms with Gasteiger partial charge in [-0.25, -0.2) is 0 Å². The molecule has 4 rings (SSSR count). The zero-order valence-corrected chi connectivity index (χ0v) is 19.0. The molecule has 2 aliphatic rings. The third-order valence-electron chi connectivity index (χ3n) is 6.85. The topological polar surface area (TPSA) is 30.8 Å². The molecule has 2 fully saturated rings. The fourth-order valence-electron chi connectivity index (χ4n) is 4.68. The first-order chi connectivity index (χ1) is 14.6. The van der Waals surface area contributed by atoms with Crippen LogP contribution in [-0.4, -0.2) is 97.5 Å². The maximum Gasteiger partial charge on any atom is 0.0568 e. The lowest BCUT2D eigenvalue weighted by atomic mass is 10.0. The highest BCUT2D eigenvalue weighted by atomic mass is 15.3. The van der Waals surface area contributed by atoms with Gasteiger partial charge in [-0.1, -0.05) is 12.1 Å². The predicted octanol–water partition coefficient (Wildman–Crippen LogP) is 2.72. The van der Waals surface area contributed by atoms with Gasteiger partial charge < -0.3 is 19.6 Å². The van der Waals surface area contributed by atoms with Crippen molar-refractivity contribution < 1.29 is 0 Å². The highest BCUT2D eigenvalue weighted by Crippen LogP contribution is 2.24. The number of likely N-dealkylation sites (tertiary alicyclic amines) is 1. The average molecular weight is 411 g/mol. The van der Waals surface area contributed by atoms with Gasteiger partial charge in [0.1, 0.15) is 0 Å². The summed E-state index contributed by atoms with van der Waals surface area (Å²) in [5.41, 5.74) is 3.80. The zero-order chi connectivity index (χ0) is 20.9. The van der Waals surface area contributed by atoms with Gasteiger partial charge in [-0.15, -0.1) is 0 Å². The smallest absolute Gasteiger partial charge is 0.0568 e. The molecule has 0 unspecified atom stereocenters. The molecule has 2 saturated heterocycles. The summed E-state index contributed by atoms with van der Waals surface area (Å²) in [4.78, 5) is 9.86. The molecule has 30 heavy (non-hydrogen) atoms. The average Bonchev–Trinajstić information content (AvgIpc) is 3.24. The summed E-state index contributed by atoms with van der Waals surface area (Å²) in [5.74, 6) is 0. The Kier molecular flexibility index (Phi) is 7.08. The van der Waals surface area contributed by atoms with Crippen molar-refractivity contribution in [3.8, 4) is 11.1 Å². The number of aryl methyl sites for hydroxylation is 1. The van der Waals surface area contributed by atoms with Gasteiger partial charge in [0, 0.05) is 56.2 Å². The molecular formula is C24H38N6. The van der Waals surface area contributed by atoms with E-state index in [1.165, 1.54) is 49.3 Å². The van der Waals surface area contributed by atoms with Crippen LogP contribution < -0.4 is 4.90 Å². The van der Waals surface area contributed by atoms with E-state index < -0.39 is 0 Å². The maximum atomic E-state index is 4.61. The number of nitrogens with zero attached hydrogens (tertiary/aromatic N) is 6. The summed E-state index contributed by atoms with van der Waals surface area (Å²) >= 11 is 0. The van der Waals surface area contributed by atoms with Crippen molar-refractivity contribution in [3.63, 3.8) is 0 Å². The van der Waals surface area contributed by atoms with Gasteiger partial charge in [0.05, 0.1) is 6.20 Å². The molecule has 0 radical (unpaired) electrons. The summed E-state index contributed by atoms with van der Waals surface area (Å²) in [6, 6.07) is 9.76. The molecule has 0 atom stereocenters. The fraction of sp³-hybridized carbons (Fsp3) is 0.625. The number of rotatable bonds is 7. The van der Waals surface area contributed by atoms with Crippen molar-refractivity contribution in [2.24, 2.45) is 0 Å². The quantitative estimate of drug-likeness (QED) is 0.701. The number of likely N-dealkylation sites (N-methyl/N-ethyl adjacent to an activating group) is 1. The Bertz CT molecular complexity index is 767. The van der Waals surface area contributed by atoms with Crippen molar-refractivity contribution in [3.05, 3.63) is 36.7 Å². The van der Waals surface area contributed by atoms with Gasteiger partial charge in [-0.2, -0.15) is 5.10 Å². The summed E-state index contributed by atoms with van der Waals surface area (Å²) in [6.07, 6.45) is 7.96. The summed E-state index contributed by atoms with van der Waals surface area (Å²) < 4.78 is 2.11. The molecular weight excluding hydrogens is 372 g/mol. The van der Waals surface area contributed by atoms with E-state index in [-0.39, 0.29) is 0 Å².